The van der Waals surface area contributed by atoms with Crippen molar-refractivity contribution in [2.24, 2.45) is 0 Å². The number of hydrogen-bond acceptors (Lipinski definition) is 3. The number of para-hydroxylation sites is 2. The molecule has 1 N–H and O–H groups in total. The van der Waals surface area contributed by atoms with Gasteiger partial charge in [-0.3, -0.25) is 0 Å². The second kappa shape index (κ2) is 4.04. The fraction of sp³-hybridized carbons (Fsp3) is 0.182. The molecule has 0 atom stereocenters. The van der Waals surface area contributed by atoms with Crippen molar-refractivity contribution < 1.29 is 14.6 Å². The van der Waals surface area contributed by atoms with Crippen LogP contribution in [0.2, 0.25) is 0 Å². The van der Waals surface area contributed by atoms with E-state index < -0.39 is 6.16 Å². The summed E-state index contributed by atoms with van der Waals surface area (Å²) in [4.78, 5) is 12.5. The average molecular weight is 205 g/mol. The van der Waals surface area contributed by atoms with Crippen molar-refractivity contribution in [1.82, 2.24) is 0 Å². The molecule has 0 spiro atoms. The zero-order chi connectivity index (χ0) is 10.7. The number of nitrogens with zero attached hydrogens (tertiary/aromatic N) is 1. The second-order valence-electron chi connectivity index (χ2n) is 3.21. The van der Waals surface area contributed by atoms with E-state index in [2.05, 4.69) is 0 Å². The molecule has 0 saturated carbocycles. The van der Waals surface area contributed by atoms with Crippen LogP contribution in [0.5, 0.6) is 5.75 Å². The summed E-state index contributed by atoms with van der Waals surface area (Å²) < 4.78 is 4.70. The molecule has 0 unspecified atom stereocenters. The van der Waals surface area contributed by atoms with Gasteiger partial charge in [-0.25, -0.2) is 4.79 Å². The van der Waals surface area contributed by atoms with Gasteiger partial charge in [0.25, 0.3) is 0 Å². The molecule has 2 rings (SSSR count). The van der Waals surface area contributed by atoms with Gasteiger partial charge in [0.15, 0.2) is 5.75 Å². The maximum absolute atomic E-state index is 10.5. The molecule has 0 bridgehead atoms. The Kier molecular flexibility index (Phi) is 2.58. The molecule has 1 aliphatic rings. The summed E-state index contributed by atoms with van der Waals surface area (Å²) in [6, 6.07) is 7.13. The second-order valence-corrected chi connectivity index (χ2v) is 3.21. The Morgan fingerprint density at radius 3 is 2.60 bits per heavy atom. The van der Waals surface area contributed by atoms with Gasteiger partial charge in [0.1, 0.15) is 0 Å². The number of benzene rings is 1. The summed E-state index contributed by atoms with van der Waals surface area (Å²) in [5.74, 6) is 0.383. The van der Waals surface area contributed by atoms with Crippen LogP contribution in [0.4, 0.5) is 10.5 Å². The molecule has 0 saturated heterocycles. The van der Waals surface area contributed by atoms with Gasteiger partial charge in [-0.2, -0.15) is 0 Å². The maximum atomic E-state index is 10.5. The minimum absolute atomic E-state index is 0.383. The van der Waals surface area contributed by atoms with Gasteiger partial charge < -0.3 is 14.7 Å². The molecule has 0 radical (unpaired) electrons. The number of rotatable bonds is 2. The molecule has 4 nitrogen and oxygen atoms in total. The van der Waals surface area contributed by atoms with Gasteiger partial charge in [0.05, 0.1) is 5.69 Å². The minimum Gasteiger partial charge on any atom is -0.449 e. The first kappa shape index (κ1) is 9.58. The molecule has 0 aromatic heterocycles. The quantitative estimate of drug-likeness (QED) is 0.456. The third-order valence-corrected chi connectivity index (χ3v) is 2.22. The third-order valence-electron chi connectivity index (χ3n) is 2.22. The lowest BCUT2D eigenvalue weighted by Crippen LogP contribution is -2.20. The highest BCUT2D eigenvalue weighted by Gasteiger charge is 2.14. The van der Waals surface area contributed by atoms with Crippen molar-refractivity contribution in [3.8, 4) is 5.75 Å². The summed E-state index contributed by atoms with van der Waals surface area (Å²) in [5, 5.41) is 8.58. The molecule has 0 fully saturated rings. The fourth-order valence-corrected chi connectivity index (χ4v) is 1.57. The van der Waals surface area contributed by atoms with E-state index in [1.54, 1.807) is 12.1 Å². The first-order chi connectivity index (χ1) is 7.27. The number of ether oxygens (including phenoxy) is 1. The third kappa shape index (κ3) is 2.10. The highest BCUT2D eigenvalue weighted by Crippen LogP contribution is 2.29. The molecule has 0 amide bonds. The van der Waals surface area contributed by atoms with E-state index in [9.17, 15) is 4.79 Å². The summed E-state index contributed by atoms with van der Waals surface area (Å²) in [7, 11) is 0. The van der Waals surface area contributed by atoms with E-state index in [0.717, 1.165) is 18.8 Å². The SMILES string of the molecule is O=C(O)Oc1ccccc1N1CC=CC1. The van der Waals surface area contributed by atoms with Crippen molar-refractivity contribution in [3.63, 3.8) is 0 Å². The zero-order valence-electron chi connectivity index (χ0n) is 8.09. The summed E-state index contributed by atoms with van der Waals surface area (Å²) in [5.41, 5.74) is 0.810. The summed E-state index contributed by atoms with van der Waals surface area (Å²) in [6.07, 6.45) is 2.80. The van der Waals surface area contributed by atoms with Crippen LogP contribution in [0.25, 0.3) is 0 Å². The van der Waals surface area contributed by atoms with Gasteiger partial charge in [0, 0.05) is 13.1 Å². The Morgan fingerprint density at radius 1 is 1.27 bits per heavy atom. The molecule has 1 aromatic carbocycles. The Bertz CT molecular complexity index is 393. The molecular weight excluding hydrogens is 194 g/mol. The van der Waals surface area contributed by atoms with Crippen LogP contribution < -0.4 is 9.64 Å². The van der Waals surface area contributed by atoms with Crippen LogP contribution in [0, 0.1) is 0 Å². The standard InChI is InChI=1S/C11H11NO3/c13-11(14)15-10-6-2-1-5-9(10)12-7-3-4-8-12/h1-6H,7-8H2,(H,13,14). The average Bonchev–Trinajstić information content (AvgIpc) is 2.70. The van der Waals surface area contributed by atoms with Crippen molar-refractivity contribution in [3.05, 3.63) is 36.4 Å². The van der Waals surface area contributed by atoms with Gasteiger partial charge in [0.2, 0.25) is 0 Å². The van der Waals surface area contributed by atoms with Gasteiger partial charge in [-0.1, -0.05) is 24.3 Å². The van der Waals surface area contributed by atoms with Crippen molar-refractivity contribution in [1.29, 1.82) is 0 Å². The molecule has 15 heavy (non-hydrogen) atoms. The topological polar surface area (TPSA) is 49.8 Å². The molecule has 4 heteroatoms. The van der Waals surface area contributed by atoms with E-state index in [1.807, 2.05) is 29.2 Å². The first-order valence-corrected chi connectivity index (χ1v) is 4.67. The lowest BCUT2D eigenvalue weighted by molar-refractivity contribution is 0.144. The van der Waals surface area contributed by atoms with Crippen molar-refractivity contribution >= 4 is 11.8 Å². The van der Waals surface area contributed by atoms with Crippen LogP contribution in [0.15, 0.2) is 36.4 Å². The van der Waals surface area contributed by atoms with E-state index in [1.165, 1.54) is 0 Å². The van der Waals surface area contributed by atoms with Gasteiger partial charge in [-0.15, -0.1) is 0 Å². The Labute approximate surface area is 87.4 Å². The zero-order valence-corrected chi connectivity index (χ0v) is 8.09. The van der Waals surface area contributed by atoms with E-state index in [0.29, 0.717) is 5.75 Å². The molecular formula is C11H11NO3. The van der Waals surface area contributed by atoms with Crippen LogP contribution in [-0.4, -0.2) is 24.4 Å². The Balaban J connectivity index is 2.25. The molecule has 78 valence electrons. The number of carboxylic acid groups (broad SMARTS) is 1. The summed E-state index contributed by atoms with van der Waals surface area (Å²) >= 11 is 0. The maximum Gasteiger partial charge on any atom is 0.511 e. The van der Waals surface area contributed by atoms with Crippen LogP contribution >= 0.6 is 0 Å². The van der Waals surface area contributed by atoms with Crippen molar-refractivity contribution in [2.75, 3.05) is 18.0 Å². The number of hydrogen-bond donors (Lipinski definition) is 1. The number of carbonyl (C=O) groups is 1. The largest absolute Gasteiger partial charge is 0.511 e. The number of anilines is 1. The van der Waals surface area contributed by atoms with Gasteiger partial charge >= 0.3 is 6.16 Å². The lowest BCUT2D eigenvalue weighted by atomic mass is 10.2. The summed E-state index contributed by atoms with van der Waals surface area (Å²) in [6.45, 7) is 1.58. The van der Waals surface area contributed by atoms with E-state index in [4.69, 9.17) is 9.84 Å². The molecule has 1 aromatic rings. The van der Waals surface area contributed by atoms with Gasteiger partial charge in [-0.05, 0) is 12.1 Å². The highest BCUT2D eigenvalue weighted by atomic mass is 16.7. The highest BCUT2D eigenvalue weighted by molar-refractivity contribution is 5.68. The normalized spacial score (nSPS) is 14.3. The predicted octanol–water partition coefficient (Wildman–Crippen LogP) is 2.12. The lowest BCUT2D eigenvalue weighted by Gasteiger charge is -2.19. The van der Waals surface area contributed by atoms with Crippen LogP contribution in [-0.2, 0) is 0 Å². The smallest absolute Gasteiger partial charge is 0.449 e. The Morgan fingerprint density at radius 2 is 1.93 bits per heavy atom. The van der Waals surface area contributed by atoms with Crippen molar-refractivity contribution in [2.45, 2.75) is 0 Å². The van der Waals surface area contributed by atoms with Crippen LogP contribution in [0.1, 0.15) is 0 Å². The van der Waals surface area contributed by atoms with E-state index in [-0.39, 0.29) is 0 Å². The first-order valence-electron chi connectivity index (χ1n) is 4.67. The van der Waals surface area contributed by atoms with Crippen LogP contribution in [0.3, 0.4) is 0 Å². The fourth-order valence-electron chi connectivity index (χ4n) is 1.57. The monoisotopic (exact) mass is 205 g/mol. The molecule has 1 aliphatic heterocycles. The minimum atomic E-state index is -1.28. The molecule has 0 aliphatic carbocycles. The van der Waals surface area contributed by atoms with E-state index >= 15 is 0 Å². The predicted molar refractivity (Wildman–Crippen MR) is 56.4 cm³/mol. The molecule has 1 heterocycles. The Hall–Kier alpha value is -1.97.